The van der Waals surface area contributed by atoms with Gasteiger partial charge < -0.3 is 4.57 Å². The van der Waals surface area contributed by atoms with Crippen LogP contribution in [-0.2, 0) is 17.1 Å². The van der Waals surface area contributed by atoms with Crippen LogP contribution in [0.3, 0.4) is 0 Å². The SMILES string of the molecule is CC1N=C(c2ccc(F)cc2)c2cc(F)c(NS(C)(=O)=O)cc2-c2cn(C)c(=O)cc21. The maximum atomic E-state index is 14.9. The van der Waals surface area contributed by atoms with Crippen LogP contribution in [0.25, 0.3) is 11.1 Å². The number of aromatic nitrogens is 1. The Bertz CT molecular complexity index is 1390. The second-order valence-corrected chi connectivity index (χ2v) is 9.25. The number of nitrogens with one attached hydrogen (secondary N) is 1. The molecule has 0 amide bonds. The first-order chi connectivity index (χ1) is 14.5. The minimum atomic E-state index is -3.73. The fourth-order valence-electron chi connectivity index (χ4n) is 3.66. The van der Waals surface area contributed by atoms with Crippen LogP contribution in [0.15, 0.2) is 58.4 Å². The number of aliphatic imine (C=N–C) groups is 1. The zero-order valence-electron chi connectivity index (χ0n) is 17.0. The lowest BCUT2D eigenvalue weighted by Crippen LogP contribution is -2.17. The highest BCUT2D eigenvalue weighted by molar-refractivity contribution is 7.92. The van der Waals surface area contributed by atoms with Crippen LogP contribution in [0.4, 0.5) is 14.5 Å². The highest BCUT2D eigenvalue weighted by atomic mass is 32.2. The van der Waals surface area contributed by atoms with Crippen LogP contribution in [0.1, 0.15) is 29.7 Å². The smallest absolute Gasteiger partial charge is 0.250 e. The number of halogens is 2. The summed E-state index contributed by atoms with van der Waals surface area (Å²) in [5, 5.41) is 0. The molecule has 4 rings (SSSR count). The van der Waals surface area contributed by atoms with Crippen molar-refractivity contribution in [2.45, 2.75) is 13.0 Å². The topological polar surface area (TPSA) is 80.5 Å². The van der Waals surface area contributed by atoms with Crippen LogP contribution >= 0.6 is 0 Å². The van der Waals surface area contributed by atoms with Gasteiger partial charge in [-0.2, -0.15) is 0 Å². The number of pyridine rings is 1. The van der Waals surface area contributed by atoms with Crippen molar-refractivity contribution in [3.8, 4) is 11.1 Å². The number of nitrogens with zero attached hydrogens (tertiary/aromatic N) is 2. The minimum Gasteiger partial charge on any atom is -0.318 e. The third-order valence-electron chi connectivity index (χ3n) is 5.10. The summed E-state index contributed by atoms with van der Waals surface area (Å²) in [7, 11) is -2.13. The van der Waals surface area contributed by atoms with Gasteiger partial charge in [0, 0.05) is 36.0 Å². The molecule has 1 aromatic heterocycles. The lowest BCUT2D eigenvalue weighted by Gasteiger charge is -2.16. The first kappa shape index (κ1) is 20.9. The Hall–Kier alpha value is -3.33. The summed E-state index contributed by atoms with van der Waals surface area (Å²) < 4.78 is 55.4. The zero-order chi connectivity index (χ0) is 22.5. The van der Waals surface area contributed by atoms with Crippen molar-refractivity contribution >= 4 is 21.4 Å². The van der Waals surface area contributed by atoms with E-state index in [1.54, 1.807) is 32.3 Å². The largest absolute Gasteiger partial charge is 0.318 e. The molecule has 9 heteroatoms. The Morgan fingerprint density at radius 2 is 1.71 bits per heavy atom. The summed E-state index contributed by atoms with van der Waals surface area (Å²) in [4.78, 5) is 17.0. The molecule has 0 saturated carbocycles. The molecule has 0 saturated heterocycles. The number of aryl methyl sites for hydroxylation is 1. The standard InChI is InChI=1S/C22H19F2N3O3S/c1-12-15-10-21(28)27(2)11-18(15)16-9-20(26-31(3,29)30)19(24)8-17(16)22(25-12)13-4-6-14(23)7-5-13/h4-12,26H,1-3H3. The van der Waals surface area contributed by atoms with E-state index in [0.717, 1.165) is 6.26 Å². The molecular weight excluding hydrogens is 424 g/mol. The molecule has 1 aliphatic rings. The number of sulfonamides is 1. The molecule has 31 heavy (non-hydrogen) atoms. The maximum Gasteiger partial charge on any atom is 0.250 e. The number of anilines is 1. The molecule has 6 nitrogen and oxygen atoms in total. The van der Waals surface area contributed by atoms with Gasteiger partial charge in [-0.05, 0) is 54.4 Å². The van der Waals surface area contributed by atoms with E-state index in [-0.39, 0.29) is 11.2 Å². The number of benzene rings is 2. The summed E-state index contributed by atoms with van der Waals surface area (Å²) in [6, 6.07) is 9.27. The van der Waals surface area contributed by atoms with Crippen molar-refractivity contribution in [1.29, 1.82) is 0 Å². The Morgan fingerprint density at radius 1 is 1.03 bits per heavy atom. The van der Waals surface area contributed by atoms with Gasteiger partial charge in [0.15, 0.2) is 0 Å². The third kappa shape index (κ3) is 4.00. The van der Waals surface area contributed by atoms with Gasteiger partial charge in [-0.3, -0.25) is 14.5 Å². The van der Waals surface area contributed by atoms with Gasteiger partial charge in [-0.15, -0.1) is 0 Å². The highest BCUT2D eigenvalue weighted by Gasteiger charge is 2.26. The normalized spacial score (nSPS) is 15.5. The molecule has 0 fully saturated rings. The number of rotatable bonds is 3. The van der Waals surface area contributed by atoms with E-state index < -0.39 is 27.7 Å². The first-order valence-corrected chi connectivity index (χ1v) is 11.3. The molecule has 0 bridgehead atoms. The fraction of sp³-hybridized carbons (Fsp3) is 0.182. The second-order valence-electron chi connectivity index (χ2n) is 7.50. The second kappa shape index (κ2) is 7.42. The van der Waals surface area contributed by atoms with Gasteiger partial charge in [0.25, 0.3) is 5.56 Å². The Morgan fingerprint density at radius 3 is 2.35 bits per heavy atom. The molecule has 3 aromatic rings. The van der Waals surface area contributed by atoms with Crippen molar-refractivity contribution in [2.24, 2.45) is 12.0 Å². The Balaban J connectivity index is 2.07. The zero-order valence-corrected chi connectivity index (χ0v) is 17.8. The predicted molar refractivity (Wildman–Crippen MR) is 116 cm³/mol. The van der Waals surface area contributed by atoms with E-state index in [2.05, 4.69) is 4.72 Å². The number of hydrogen-bond donors (Lipinski definition) is 1. The Kier molecular flexibility index (Phi) is 5.01. The van der Waals surface area contributed by atoms with Crippen molar-refractivity contribution < 1.29 is 17.2 Å². The van der Waals surface area contributed by atoms with Gasteiger partial charge in [0.05, 0.1) is 23.7 Å². The van der Waals surface area contributed by atoms with Crippen LogP contribution in [0, 0.1) is 11.6 Å². The molecule has 2 heterocycles. The van der Waals surface area contributed by atoms with E-state index in [1.165, 1.54) is 34.9 Å². The summed E-state index contributed by atoms with van der Waals surface area (Å²) in [5.41, 5.74) is 2.70. The molecule has 1 N–H and O–H groups in total. The van der Waals surface area contributed by atoms with Crippen molar-refractivity contribution in [3.63, 3.8) is 0 Å². The average Bonchev–Trinajstić information content (AvgIpc) is 2.78. The van der Waals surface area contributed by atoms with E-state index in [1.807, 2.05) is 0 Å². The molecule has 0 spiro atoms. The number of hydrogen-bond acceptors (Lipinski definition) is 4. The minimum absolute atomic E-state index is 0.214. The lowest BCUT2D eigenvalue weighted by molar-refractivity contribution is 0.603. The van der Waals surface area contributed by atoms with Crippen LogP contribution in [-0.4, -0.2) is 25.0 Å². The van der Waals surface area contributed by atoms with E-state index in [0.29, 0.717) is 33.5 Å². The Labute approximate surface area is 177 Å². The van der Waals surface area contributed by atoms with Crippen LogP contribution < -0.4 is 10.3 Å². The van der Waals surface area contributed by atoms with Gasteiger partial charge in [0.2, 0.25) is 10.0 Å². The molecule has 0 radical (unpaired) electrons. The van der Waals surface area contributed by atoms with E-state index in [4.69, 9.17) is 4.99 Å². The summed E-state index contributed by atoms with van der Waals surface area (Å²) in [5.74, 6) is -1.20. The molecule has 2 aromatic carbocycles. The highest BCUT2D eigenvalue weighted by Crippen LogP contribution is 2.39. The third-order valence-corrected chi connectivity index (χ3v) is 5.69. The summed E-state index contributed by atoms with van der Waals surface area (Å²) >= 11 is 0. The quantitative estimate of drug-likeness (QED) is 0.672. The average molecular weight is 443 g/mol. The molecule has 1 atom stereocenters. The summed E-state index contributed by atoms with van der Waals surface area (Å²) in [6.45, 7) is 1.81. The van der Waals surface area contributed by atoms with Gasteiger partial charge in [-0.1, -0.05) is 0 Å². The fourth-order valence-corrected chi connectivity index (χ4v) is 4.21. The molecule has 160 valence electrons. The van der Waals surface area contributed by atoms with Crippen molar-refractivity contribution in [3.05, 3.63) is 87.3 Å². The summed E-state index contributed by atoms with van der Waals surface area (Å²) in [6.07, 6.45) is 2.56. The molecular formula is C22H19F2N3O3S. The monoisotopic (exact) mass is 443 g/mol. The first-order valence-electron chi connectivity index (χ1n) is 9.40. The van der Waals surface area contributed by atoms with Gasteiger partial charge in [-0.25, -0.2) is 17.2 Å². The van der Waals surface area contributed by atoms with Crippen molar-refractivity contribution in [1.82, 2.24) is 4.57 Å². The van der Waals surface area contributed by atoms with Gasteiger partial charge >= 0.3 is 0 Å². The van der Waals surface area contributed by atoms with Crippen LogP contribution in [0.2, 0.25) is 0 Å². The molecule has 1 unspecified atom stereocenters. The van der Waals surface area contributed by atoms with E-state index >= 15 is 0 Å². The molecule has 1 aliphatic heterocycles. The van der Waals surface area contributed by atoms with Crippen LogP contribution in [0.5, 0.6) is 0 Å². The van der Waals surface area contributed by atoms with Crippen molar-refractivity contribution in [2.75, 3.05) is 11.0 Å². The number of fused-ring (bicyclic) bond motifs is 3. The van der Waals surface area contributed by atoms with E-state index in [9.17, 15) is 22.0 Å². The predicted octanol–water partition coefficient (Wildman–Crippen LogP) is 3.61. The lowest BCUT2D eigenvalue weighted by atomic mass is 9.91. The molecule has 0 aliphatic carbocycles. The maximum absolute atomic E-state index is 14.9. The van der Waals surface area contributed by atoms with Gasteiger partial charge in [0.1, 0.15) is 11.6 Å².